The first-order chi connectivity index (χ1) is 2.41. The molecule has 0 radical (unpaired) electrons. The molecule has 0 rings (SSSR count). The Morgan fingerprint density at radius 1 is 1.17 bits per heavy atom. The molecular formula is C4H13NZn. The molecule has 0 amide bonds. The van der Waals surface area contributed by atoms with E-state index in [4.69, 9.17) is 0 Å². The van der Waals surface area contributed by atoms with Crippen LogP contribution in [0, 0.1) is 0 Å². The quantitative estimate of drug-likeness (QED) is 0.586. The Morgan fingerprint density at radius 3 is 1.50 bits per heavy atom. The van der Waals surface area contributed by atoms with E-state index in [1.54, 1.807) is 0 Å². The van der Waals surface area contributed by atoms with E-state index >= 15 is 0 Å². The molecule has 0 aliphatic carbocycles. The first-order valence-electron chi connectivity index (χ1n) is 2.41. The van der Waals surface area contributed by atoms with Gasteiger partial charge in [-0.1, -0.05) is 0 Å². The van der Waals surface area contributed by atoms with Gasteiger partial charge in [0.2, 0.25) is 0 Å². The molecule has 0 aromatic heterocycles. The number of hydrogen-bond acceptors (Lipinski definition) is 1. The maximum Gasteiger partial charge on any atom is -0.344 e. The Balaban J connectivity index is 0. The average molecular weight is 141 g/mol. The van der Waals surface area contributed by atoms with Gasteiger partial charge in [-0.05, 0) is 0 Å². The van der Waals surface area contributed by atoms with E-state index in [9.17, 15) is 0 Å². The molecule has 0 aliphatic heterocycles. The Morgan fingerprint density at radius 2 is 1.50 bits per heavy atom. The minimum Gasteiger partial charge on any atom is -0.344 e. The summed E-state index contributed by atoms with van der Waals surface area (Å²) in [4.78, 5) is 0. The third kappa shape index (κ3) is 8.82. The summed E-state index contributed by atoms with van der Waals surface area (Å²) in [5.74, 6) is 0. The monoisotopic (exact) mass is 139 g/mol. The van der Waals surface area contributed by atoms with Crippen LogP contribution in [0.5, 0.6) is 0 Å². The minimum atomic E-state index is 0. The van der Waals surface area contributed by atoms with E-state index < -0.39 is 0 Å². The normalized spacial score (nSPS) is 5.67. The van der Waals surface area contributed by atoms with Crippen molar-refractivity contribution < 1.29 is 17.1 Å². The van der Waals surface area contributed by atoms with Crippen molar-refractivity contribution in [1.82, 2.24) is 6.15 Å². The molecule has 3 N–H and O–H groups in total. The Hall–Kier alpha value is 0.583. The minimum absolute atomic E-state index is 0. The molecule has 0 heterocycles. The molecule has 0 aliphatic rings. The molecule has 2 heteroatoms. The Bertz CT molecular complexity index is 15.0. The standard InChI is InChI=1S/2C2H5.H3N.Zn/c2*1-2;;/h2*1H2,2H3;1H3;. The Kier molecular flexibility index (Phi) is 14.9. The van der Waals surface area contributed by atoms with Crippen molar-refractivity contribution in [2.45, 2.75) is 23.9 Å². The van der Waals surface area contributed by atoms with Crippen LogP contribution in [0.1, 0.15) is 13.8 Å². The maximum atomic E-state index is 2.30. The Labute approximate surface area is 47.7 Å². The summed E-state index contributed by atoms with van der Waals surface area (Å²) in [5.41, 5.74) is 0. The van der Waals surface area contributed by atoms with Crippen LogP contribution in [0.3, 0.4) is 0 Å². The molecule has 6 heavy (non-hydrogen) atoms. The summed E-state index contributed by atoms with van der Waals surface area (Å²) in [6.45, 7) is 4.59. The summed E-state index contributed by atoms with van der Waals surface area (Å²) in [6.07, 6.45) is 0. The summed E-state index contributed by atoms with van der Waals surface area (Å²) < 4.78 is 0. The molecule has 0 aromatic carbocycles. The van der Waals surface area contributed by atoms with Crippen LogP contribution in [0.25, 0.3) is 0 Å². The first kappa shape index (κ1) is 9.77. The van der Waals surface area contributed by atoms with Crippen LogP contribution in [0.4, 0.5) is 0 Å². The van der Waals surface area contributed by atoms with Crippen LogP contribution >= 0.6 is 0 Å². The molecule has 0 bridgehead atoms. The van der Waals surface area contributed by atoms with Gasteiger partial charge < -0.3 is 6.15 Å². The fourth-order valence-corrected chi connectivity index (χ4v) is 1.84. The third-order valence-corrected chi connectivity index (χ3v) is 3.67. The first-order valence-corrected chi connectivity index (χ1v) is 6.61. The smallest absolute Gasteiger partial charge is 0.344 e. The van der Waals surface area contributed by atoms with Gasteiger partial charge in [0.05, 0.1) is 0 Å². The second-order valence-electron chi connectivity index (χ2n) is 1.35. The van der Waals surface area contributed by atoms with Crippen molar-refractivity contribution in [3.63, 3.8) is 0 Å². The summed E-state index contributed by atoms with van der Waals surface area (Å²) in [7, 11) is 0. The van der Waals surface area contributed by atoms with Crippen LogP contribution in [0.2, 0.25) is 10.0 Å². The molecule has 0 atom stereocenters. The second-order valence-corrected chi connectivity index (χ2v) is 7.03. The van der Waals surface area contributed by atoms with Gasteiger partial charge in [-0.25, -0.2) is 0 Å². The van der Waals surface area contributed by atoms with E-state index in [1.165, 1.54) is 10.0 Å². The van der Waals surface area contributed by atoms with Crippen LogP contribution < -0.4 is 6.15 Å². The van der Waals surface area contributed by atoms with Gasteiger partial charge in [0.1, 0.15) is 0 Å². The molecule has 0 aromatic rings. The van der Waals surface area contributed by atoms with Gasteiger partial charge in [-0.3, -0.25) is 0 Å². The zero-order valence-corrected chi connectivity index (χ0v) is 7.80. The fraction of sp³-hybridized carbons (Fsp3) is 1.00. The average Bonchev–Trinajstić information content (AvgIpc) is 1.41. The number of rotatable bonds is 2. The summed E-state index contributed by atoms with van der Waals surface area (Å²) >= 11 is 0.0972. The van der Waals surface area contributed by atoms with Gasteiger partial charge >= 0.3 is 41.0 Å². The van der Waals surface area contributed by atoms with E-state index in [2.05, 4.69) is 13.8 Å². The largest absolute Gasteiger partial charge is 0.344 e. The van der Waals surface area contributed by atoms with Crippen LogP contribution in [-0.4, -0.2) is 0 Å². The molecule has 0 saturated carbocycles. The van der Waals surface area contributed by atoms with Crippen molar-refractivity contribution in [3.8, 4) is 0 Å². The summed E-state index contributed by atoms with van der Waals surface area (Å²) in [5, 5.41) is 3.06. The molecule has 0 fully saturated rings. The molecule has 0 unspecified atom stereocenters. The van der Waals surface area contributed by atoms with Crippen LogP contribution in [0.15, 0.2) is 0 Å². The van der Waals surface area contributed by atoms with Crippen molar-refractivity contribution in [3.05, 3.63) is 0 Å². The van der Waals surface area contributed by atoms with E-state index in [0.717, 1.165) is 0 Å². The van der Waals surface area contributed by atoms with Gasteiger partial charge in [-0.15, -0.1) is 0 Å². The zero-order valence-electron chi connectivity index (χ0n) is 4.83. The van der Waals surface area contributed by atoms with Crippen molar-refractivity contribution in [2.75, 3.05) is 0 Å². The predicted molar refractivity (Wildman–Crippen MR) is 26.0 cm³/mol. The molecule has 36 valence electrons. The van der Waals surface area contributed by atoms with Crippen molar-refractivity contribution in [1.29, 1.82) is 0 Å². The third-order valence-electron chi connectivity index (χ3n) is 0.707. The van der Waals surface area contributed by atoms with Crippen molar-refractivity contribution in [2.24, 2.45) is 0 Å². The van der Waals surface area contributed by atoms with E-state index in [1.807, 2.05) is 0 Å². The van der Waals surface area contributed by atoms with Crippen LogP contribution in [-0.2, 0) is 17.1 Å². The number of hydrogen-bond donors (Lipinski definition) is 1. The van der Waals surface area contributed by atoms with Gasteiger partial charge in [0.25, 0.3) is 0 Å². The molecule has 0 saturated heterocycles. The molecule has 1 nitrogen and oxygen atoms in total. The van der Waals surface area contributed by atoms with Gasteiger partial charge in [0.15, 0.2) is 0 Å². The van der Waals surface area contributed by atoms with Crippen molar-refractivity contribution >= 4 is 0 Å². The molecular weight excluding hydrogens is 127 g/mol. The van der Waals surface area contributed by atoms with E-state index in [0.29, 0.717) is 0 Å². The molecule has 0 spiro atoms. The van der Waals surface area contributed by atoms with Gasteiger partial charge in [-0.2, -0.15) is 0 Å². The fourth-order valence-electron chi connectivity index (χ4n) is 0.354. The van der Waals surface area contributed by atoms with E-state index in [-0.39, 0.29) is 23.3 Å². The summed E-state index contributed by atoms with van der Waals surface area (Å²) in [6, 6.07) is 0. The maximum absolute atomic E-state index is 2.30. The SMILES string of the molecule is C[CH2][Zn][CH2]C.N. The van der Waals surface area contributed by atoms with Gasteiger partial charge in [0, 0.05) is 0 Å². The zero-order chi connectivity index (χ0) is 4.12. The predicted octanol–water partition coefficient (Wildman–Crippen LogP) is 2.11. The topological polar surface area (TPSA) is 35.0 Å². The second kappa shape index (κ2) is 9.13.